The summed E-state index contributed by atoms with van der Waals surface area (Å²) in [4.78, 5) is 35.3. The van der Waals surface area contributed by atoms with Crippen molar-refractivity contribution in [2.75, 3.05) is 18.0 Å². The molecule has 8 heteroatoms. The SMILES string of the molecule is C#CC#CC.CCCCCCN(CCCCCC)c1ccc(C#Cc2c3nc(c(CCCCC)c4ccc([n-]4)c(C#Cc4ccc(C(=O)O)cc4)c4nc(c(CCCCC)c5ccc2[n-]5)C=C4)C=C3)cc1.[Zn+2]. The van der Waals surface area contributed by atoms with Gasteiger partial charge in [0.2, 0.25) is 0 Å². The van der Waals surface area contributed by atoms with Gasteiger partial charge in [-0.2, -0.15) is 0 Å². The molecule has 72 heavy (non-hydrogen) atoms. The Labute approximate surface area is 442 Å². The van der Waals surface area contributed by atoms with Crippen molar-refractivity contribution in [1.82, 2.24) is 19.9 Å². The summed E-state index contributed by atoms with van der Waals surface area (Å²) < 4.78 is 0. The van der Waals surface area contributed by atoms with Gasteiger partial charge in [-0.25, -0.2) is 14.8 Å². The number of aryl methyl sites for hydroxylation is 2. The molecule has 2 aromatic carbocycles. The second kappa shape index (κ2) is 30.1. The third-order valence-electron chi connectivity index (χ3n) is 12.7. The first-order valence-corrected chi connectivity index (χ1v) is 25.9. The summed E-state index contributed by atoms with van der Waals surface area (Å²) in [5, 5.41) is 9.46. The van der Waals surface area contributed by atoms with Gasteiger partial charge in [0.15, 0.2) is 0 Å². The number of terminal acetylenes is 1. The van der Waals surface area contributed by atoms with Crippen molar-refractivity contribution in [3.05, 3.63) is 135 Å². The monoisotopic (exact) mass is 1000 g/mol. The smallest absolute Gasteiger partial charge is 0.656 e. The van der Waals surface area contributed by atoms with Gasteiger partial charge in [0.1, 0.15) is 0 Å². The number of unbranched alkanes of at least 4 members (excludes halogenated alkanes) is 10. The molecule has 0 fully saturated rings. The largest absolute Gasteiger partial charge is 2.00 e. The molecule has 0 saturated carbocycles. The number of anilines is 1. The van der Waals surface area contributed by atoms with Crippen LogP contribution in [0.3, 0.4) is 0 Å². The number of carboxylic acids is 1. The summed E-state index contributed by atoms with van der Waals surface area (Å²) in [6.45, 7) is 12.9. The second-order valence-electron chi connectivity index (χ2n) is 18.0. The summed E-state index contributed by atoms with van der Waals surface area (Å²) in [5.74, 6) is 19.9. The van der Waals surface area contributed by atoms with E-state index in [0.29, 0.717) is 11.1 Å². The number of carbonyl (C=O) groups is 1. The number of aromatic nitrogens is 4. The van der Waals surface area contributed by atoms with E-state index in [2.05, 4.69) is 135 Å². The average molecular weight is 1010 g/mol. The number of fused-ring (bicyclic) bond motifs is 8. The Bertz CT molecular complexity index is 3040. The van der Waals surface area contributed by atoms with Gasteiger partial charge in [-0.3, -0.25) is 0 Å². The fourth-order valence-electron chi connectivity index (χ4n) is 8.70. The van der Waals surface area contributed by atoms with E-state index >= 15 is 0 Å². The Hall–Kier alpha value is -6.83. The molecule has 3 aromatic heterocycles. The minimum atomic E-state index is -0.968. The molecule has 0 radical (unpaired) electrons. The fourth-order valence-corrected chi connectivity index (χ4v) is 8.70. The Morgan fingerprint density at radius 2 is 0.958 bits per heavy atom. The molecule has 0 aliphatic carbocycles. The van der Waals surface area contributed by atoms with Crippen LogP contribution in [0, 0.1) is 47.9 Å². The standard InChI is InChI=1S/C59H66N5O2.C5H4.Zn/c1-5-9-13-17-41-64(42-18-14-10-6-2)46-29-23-44(24-30-46)26-32-50-57-39-35-53(62-57)47(19-15-11-7-3)51-33-37-55(60-51)49(31-25-43-21-27-45(28-22-43)59(65)66)56-38-34-52(61-56)48(20-16-12-8-4)54-36-40-58(50)63-54;1-3-5-4-2;/h21-24,27-30,33-40H,5-20,41-42H2,1-4H3,(H2-,60,61,62,63,65,66);1H,2H3;/q-1;;+2/p-1. The Balaban J connectivity index is 0.00000153. The molecule has 0 unspecified atom stereocenters. The van der Waals surface area contributed by atoms with Crippen molar-refractivity contribution in [2.24, 2.45) is 0 Å². The third kappa shape index (κ3) is 16.1. The molecular weight excluding hydrogens is 936 g/mol. The van der Waals surface area contributed by atoms with Gasteiger partial charge < -0.3 is 20.0 Å². The Morgan fingerprint density at radius 1 is 0.542 bits per heavy atom. The summed E-state index contributed by atoms with van der Waals surface area (Å²) in [5.41, 5.74) is 13.4. The van der Waals surface area contributed by atoms with Crippen molar-refractivity contribution < 1.29 is 29.4 Å². The molecule has 0 saturated heterocycles. The number of hydrogen-bond acceptors (Lipinski definition) is 4. The third-order valence-corrected chi connectivity index (χ3v) is 12.7. The Kier molecular flexibility index (Phi) is 23.5. The van der Waals surface area contributed by atoms with Gasteiger partial charge in [0.25, 0.3) is 0 Å². The first kappa shape index (κ1) is 56.1. The van der Waals surface area contributed by atoms with E-state index in [9.17, 15) is 9.90 Å². The zero-order chi connectivity index (χ0) is 50.2. The molecule has 2 aliphatic heterocycles. The van der Waals surface area contributed by atoms with Gasteiger partial charge in [0.05, 0.1) is 28.3 Å². The summed E-state index contributed by atoms with van der Waals surface area (Å²) in [6.07, 6.45) is 31.1. The number of hydrogen-bond donors (Lipinski definition) is 1. The minimum absolute atomic E-state index is 0. The molecule has 2 aliphatic rings. The van der Waals surface area contributed by atoms with Crippen LogP contribution in [0.5, 0.6) is 0 Å². The maximum atomic E-state index is 11.5. The first-order valence-electron chi connectivity index (χ1n) is 25.9. The molecule has 0 atom stereocenters. The summed E-state index contributed by atoms with van der Waals surface area (Å²) in [7, 11) is 0. The molecule has 1 N–H and O–H groups in total. The number of carboxylic acid groups (broad SMARTS) is 1. The number of nitrogens with zero attached hydrogens (tertiary/aromatic N) is 5. The van der Waals surface area contributed by atoms with Gasteiger partial charge >= 0.3 is 25.4 Å². The van der Waals surface area contributed by atoms with E-state index in [1.165, 1.54) is 57.1 Å². The van der Waals surface area contributed by atoms with Crippen molar-refractivity contribution in [3.8, 4) is 47.9 Å². The van der Waals surface area contributed by atoms with E-state index in [-0.39, 0.29) is 25.0 Å². The van der Waals surface area contributed by atoms with E-state index in [4.69, 9.17) is 26.4 Å². The van der Waals surface area contributed by atoms with E-state index in [0.717, 1.165) is 132 Å². The molecule has 5 heterocycles. The second-order valence-corrected chi connectivity index (χ2v) is 18.0. The van der Waals surface area contributed by atoms with Crippen LogP contribution in [-0.4, -0.2) is 34.1 Å². The van der Waals surface area contributed by atoms with Crippen LogP contribution in [0.4, 0.5) is 5.69 Å². The quantitative estimate of drug-likeness (QED) is 0.0462. The molecule has 7 nitrogen and oxygen atoms in total. The van der Waals surface area contributed by atoms with Crippen LogP contribution in [0.15, 0.2) is 72.8 Å². The topological polar surface area (TPSA) is 94.5 Å². The average Bonchev–Trinajstić information content (AvgIpc) is 4.25. The van der Waals surface area contributed by atoms with E-state index < -0.39 is 5.97 Å². The predicted molar refractivity (Wildman–Crippen MR) is 298 cm³/mol. The fraction of sp³-hybridized carbons (Fsp3) is 0.359. The van der Waals surface area contributed by atoms with Gasteiger partial charge in [-0.15, -0.1) is 28.5 Å². The van der Waals surface area contributed by atoms with E-state index in [1.807, 2.05) is 12.1 Å². The van der Waals surface area contributed by atoms with Crippen LogP contribution in [0.25, 0.3) is 46.4 Å². The zero-order valence-electron chi connectivity index (χ0n) is 43.3. The van der Waals surface area contributed by atoms with Gasteiger partial charge in [-0.05, 0) is 141 Å². The van der Waals surface area contributed by atoms with Gasteiger partial charge in [0, 0.05) is 41.0 Å². The Morgan fingerprint density at radius 3 is 1.36 bits per heavy atom. The number of rotatable bonds is 20. The number of benzene rings is 2. The first-order chi connectivity index (χ1) is 34.8. The number of aromatic carboxylic acids is 1. The normalized spacial score (nSPS) is 10.8. The van der Waals surface area contributed by atoms with Crippen molar-refractivity contribution in [3.63, 3.8) is 0 Å². The molecule has 7 rings (SSSR count). The van der Waals surface area contributed by atoms with Crippen molar-refractivity contribution in [2.45, 2.75) is 137 Å². The summed E-state index contributed by atoms with van der Waals surface area (Å²) >= 11 is 0. The van der Waals surface area contributed by atoms with Crippen LogP contribution in [0.2, 0.25) is 0 Å². The van der Waals surface area contributed by atoms with Crippen LogP contribution < -0.4 is 14.9 Å². The minimum Gasteiger partial charge on any atom is -0.656 e. The maximum Gasteiger partial charge on any atom is 2.00 e. The molecular formula is C64H69N5O2Zn. The summed E-state index contributed by atoms with van der Waals surface area (Å²) in [6, 6.07) is 23.8. The van der Waals surface area contributed by atoms with Crippen molar-refractivity contribution in [1.29, 1.82) is 0 Å². The maximum absolute atomic E-state index is 11.5. The van der Waals surface area contributed by atoms with Crippen LogP contribution in [0.1, 0.15) is 191 Å². The predicted octanol–water partition coefficient (Wildman–Crippen LogP) is 14.5. The van der Waals surface area contributed by atoms with Crippen molar-refractivity contribution >= 4 is 58.0 Å². The van der Waals surface area contributed by atoms with E-state index in [1.54, 1.807) is 31.2 Å². The van der Waals surface area contributed by atoms with Crippen LogP contribution in [-0.2, 0) is 32.3 Å². The molecule has 0 spiro atoms. The zero-order valence-corrected chi connectivity index (χ0v) is 46.3. The molecule has 0 amide bonds. The molecule has 5 aromatic rings. The molecule has 8 bridgehead atoms. The van der Waals surface area contributed by atoms with Crippen LogP contribution >= 0.6 is 0 Å². The molecule has 364 valence electrons. The van der Waals surface area contributed by atoms with Gasteiger partial charge in [-0.1, -0.05) is 146 Å².